The molecular formula is C25H35N5O. The molecule has 6 nitrogen and oxygen atoms in total. The molecule has 0 amide bonds. The molecule has 4 unspecified atom stereocenters. The van der Waals surface area contributed by atoms with Gasteiger partial charge in [-0.05, 0) is 57.4 Å². The van der Waals surface area contributed by atoms with Crippen molar-refractivity contribution in [2.24, 2.45) is 5.41 Å². The molecule has 3 heterocycles. The van der Waals surface area contributed by atoms with Crippen LogP contribution in [0.4, 0.5) is 5.95 Å². The number of hydrogen-bond donors (Lipinski definition) is 3. The molecule has 3 fully saturated rings. The third-order valence-electron chi connectivity index (χ3n) is 8.53. The third-order valence-corrected chi connectivity index (χ3v) is 8.53. The van der Waals surface area contributed by atoms with Gasteiger partial charge in [0.15, 0.2) is 0 Å². The van der Waals surface area contributed by atoms with Gasteiger partial charge in [-0.3, -0.25) is 0 Å². The van der Waals surface area contributed by atoms with Gasteiger partial charge in [-0.2, -0.15) is 4.98 Å². The number of aromatic nitrogens is 3. The lowest BCUT2D eigenvalue weighted by atomic mass is 9.43. The fourth-order valence-electron chi connectivity index (χ4n) is 6.46. The molecule has 0 radical (unpaired) electrons. The van der Waals surface area contributed by atoms with E-state index in [1.54, 1.807) is 0 Å². The van der Waals surface area contributed by atoms with Gasteiger partial charge in [0.1, 0.15) is 5.65 Å². The van der Waals surface area contributed by atoms with Crippen LogP contribution < -0.4 is 10.6 Å². The van der Waals surface area contributed by atoms with E-state index in [1.165, 1.54) is 42.2 Å². The van der Waals surface area contributed by atoms with Crippen LogP contribution in [0, 0.1) is 5.41 Å². The highest BCUT2D eigenvalue weighted by atomic mass is 16.3. The van der Waals surface area contributed by atoms with E-state index in [0.717, 1.165) is 43.7 Å². The summed E-state index contributed by atoms with van der Waals surface area (Å²) in [6, 6.07) is 2.02. The van der Waals surface area contributed by atoms with Crippen LogP contribution in [0.25, 0.3) is 16.6 Å². The monoisotopic (exact) mass is 421 g/mol. The number of fused-ring (bicyclic) bond motifs is 1. The van der Waals surface area contributed by atoms with Gasteiger partial charge in [0.05, 0.1) is 6.10 Å². The maximum absolute atomic E-state index is 10.0. The van der Waals surface area contributed by atoms with Gasteiger partial charge in [0.2, 0.25) is 5.95 Å². The highest BCUT2D eigenvalue weighted by Gasteiger charge is 2.67. The second kappa shape index (κ2) is 7.31. The molecule has 0 bridgehead atoms. The fourth-order valence-corrected chi connectivity index (χ4v) is 6.46. The molecule has 2 saturated carbocycles. The number of nitrogens with zero attached hydrogens (tertiary/aromatic N) is 3. The van der Waals surface area contributed by atoms with Crippen LogP contribution in [-0.4, -0.2) is 43.9 Å². The smallest absolute Gasteiger partial charge is 0.224 e. The minimum atomic E-state index is -0.144. The summed E-state index contributed by atoms with van der Waals surface area (Å²) < 4.78 is 2.41. The number of nitrogens with one attached hydrogen (secondary N) is 2. The number of rotatable bonds is 7. The van der Waals surface area contributed by atoms with Crippen LogP contribution in [0.2, 0.25) is 0 Å². The maximum atomic E-state index is 10.0. The van der Waals surface area contributed by atoms with E-state index in [1.807, 2.05) is 6.20 Å². The largest absolute Gasteiger partial charge is 0.393 e. The van der Waals surface area contributed by atoms with Gasteiger partial charge in [-0.25, -0.2) is 4.98 Å². The molecule has 6 heteroatoms. The molecule has 4 atom stereocenters. The van der Waals surface area contributed by atoms with Crippen LogP contribution in [0.3, 0.4) is 0 Å². The summed E-state index contributed by atoms with van der Waals surface area (Å²) >= 11 is 0. The van der Waals surface area contributed by atoms with Crippen molar-refractivity contribution in [3.63, 3.8) is 0 Å². The van der Waals surface area contributed by atoms with Gasteiger partial charge in [0, 0.05) is 52.9 Å². The van der Waals surface area contributed by atoms with Gasteiger partial charge < -0.3 is 20.3 Å². The Hall–Kier alpha value is -1.92. The average Bonchev–Trinajstić information content (AvgIpc) is 3.10. The molecule has 1 aliphatic heterocycles. The van der Waals surface area contributed by atoms with E-state index in [2.05, 4.69) is 41.3 Å². The number of hydrogen-bond acceptors (Lipinski definition) is 5. The molecule has 1 spiro atoms. The van der Waals surface area contributed by atoms with Crippen LogP contribution in [0.1, 0.15) is 83.2 Å². The first-order chi connectivity index (χ1) is 15.1. The zero-order valence-corrected chi connectivity index (χ0v) is 18.8. The first-order valence-corrected chi connectivity index (χ1v) is 12.4. The molecule has 2 aromatic rings. The molecule has 31 heavy (non-hydrogen) atoms. The predicted octanol–water partition coefficient (Wildman–Crippen LogP) is 4.42. The molecule has 6 rings (SSSR count). The Morgan fingerprint density at radius 3 is 2.81 bits per heavy atom. The third kappa shape index (κ3) is 2.91. The lowest BCUT2D eigenvalue weighted by molar-refractivity contribution is -0.0213. The molecule has 166 valence electrons. The van der Waals surface area contributed by atoms with E-state index in [-0.39, 0.29) is 6.10 Å². The molecule has 3 N–H and O–H groups in total. The van der Waals surface area contributed by atoms with Crippen LogP contribution in [0.5, 0.6) is 0 Å². The van der Waals surface area contributed by atoms with Gasteiger partial charge in [-0.1, -0.05) is 25.8 Å². The summed E-state index contributed by atoms with van der Waals surface area (Å²) in [5.74, 6) is 0.739. The van der Waals surface area contributed by atoms with Crippen molar-refractivity contribution >= 4 is 22.6 Å². The standard InChI is InChI=1S/C25H35N5O/c1-3-4-5-15(2)27-24-26-13-18-19(20-12-22-25(20)11-10-21(25)28-22)14-30(23(18)29-24)16-6-8-17(31)9-7-16/h12-17,21-22,28,31H,3-11H2,1-2H3,(H,26,27,29). The lowest BCUT2D eigenvalue weighted by Gasteiger charge is -2.70. The zero-order valence-electron chi connectivity index (χ0n) is 18.8. The lowest BCUT2D eigenvalue weighted by Crippen LogP contribution is -2.79. The van der Waals surface area contributed by atoms with E-state index in [9.17, 15) is 5.11 Å². The second-order valence-electron chi connectivity index (χ2n) is 10.4. The van der Waals surface area contributed by atoms with Crippen LogP contribution in [0.15, 0.2) is 18.5 Å². The number of aliphatic hydroxyl groups excluding tert-OH is 1. The summed E-state index contributed by atoms with van der Waals surface area (Å²) in [4.78, 5) is 9.77. The summed E-state index contributed by atoms with van der Waals surface area (Å²) in [5.41, 5.74) is 4.30. The molecule has 1 saturated heterocycles. The first-order valence-electron chi connectivity index (χ1n) is 12.4. The normalized spacial score (nSPS) is 34.6. The summed E-state index contributed by atoms with van der Waals surface area (Å²) in [6.45, 7) is 4.45. The van der Waals surface area contributed by atoms with Gasteiger partial charge in [0.25, 0.3) is 0 Å². The number of piperidine rings is 1. The van der Waals surface area contributed by atoms with Crippen molar-refractivity contribution in [1.29, 1.82) is 0 Å². The Kier molecular flexibility index (Phi) is 4.65. The number of aliphatic hydroxyl groups is 1. The second-order valence-corrected chi connectivity index (χ2v) is 10.4. The predicted molar refractivity (Wildman–Crippen MR) is 124 cm³/mol. The first kappa shape index (κ1) is 19.7. The van der Waals surface area contributed by atoms with Gasteiger partial charge >= 0.3 is 0 Å². The number of unbranched alkanes of at least 4 members (excludes halogenated alkanes) is 1. The molecular weight excluding hydrogens is 386 g/mol. The molecule has 3 aliphatic carbocycles. The van der Waals surface area contributed by atoms with E-state index >= 15 is 0 Å². The Morgan fingerprint density at radius 2 is 2.13 bits per heavy atom. The summed E-state index contributed by atoms with van der Waals surface area (Å²) in [6.07, 6.45) is 16.6. The Balaban J connectivity index is 1.37. The van der Waals surface area contributed by atoms with Crippen molar-refractivity contribution in [2.75, 3.05) is 5.32 Å². The number of anilines is 1. The summed E-state index contributed by atoms with van der Waals surface area (Å²) in [7, 11) is 0. The van der Waals surface area contributed by atoms with Crippen LogP contribution in [-0.2, 0) is 0 Å². The van der Waals surface area contributed by atoms with Crippen molar-refractivity contribution in [3.8, 4) is 0 Å². The quantitative estimate of drug-likeness (QED) is 0.617. The zero-order chi connectivity index (χ0) is 21.2. The topological polar surface area (TPSA) is 75.0 Å². The highest BCUT2D eigenvalue weighted by Crippen LogP contribution is 2.66. The van der Waals surface area contributed by atoms with E-state index in [0.29, 0.717) is 29.6 Å². The molecule has 2 aromatic heterocycles. The highest BCUT2D eigenvalue weighted by molar-refractivity contribution is 5.96. The van der Waals surface area contributed by atoms with Crippen molar-refractivity contribution in [2.45, 2.75) is 102 Å². The minimum absolute atomic E-state index is 0.144. The SMILES string of the molecule is CCCCC(C)Nc1ncc2c(C3=CC4NC5CCC345)cn(C3CCC(O)CC3)c2n1. The van der Waals surface area contributed by atoms with Crippen molar-refractivity contribution < 1.29 is 5.11 Å². The Bertz CT molecular complexity index is 1020. The van der Waals surface area contributed by atoms with Gasteiger partial charge in [-0.15, -0.1) is 0 Å². The van der Waals surface area contributed by atoms with Crippen LogP contribution >= 0.6 is 0 Å². The van der Waals surface area contributed by atoms with Crippen molar-refractivity contribution in [1.82, 2.24) is 19.9 Å². The Morgan fingerprint density at radius 1 is 1.29 bits per heavy atom. The summed E-state index contributed by atoms with van der Waals surface area (Å²) in [5, 5.41) is 18.4. The molecule has 0 aromatic carbocycles. The molecule has 4 aliphatic rings. The maximum Gasteiger partial charge on any atom is 0.224 e. The Labute approximate surface area is 184 Å². The van der Waals surface area contributed by atoms with Crippen molar-refractivity contribution in [3.05, 3.63) is 24.0 Å². The fraction of sp³-hybridized carbons (Fsp3) is 0.680. The minimum Gasteiger partial charge on any atom is -0.393 e. The van der Waals surface area contributed by atoms with E-state index in [4.69, 9.17) is 9.97 Å². The van der Waals surface area contributed by atoms with E-state index < -0.39 is 0 Å². The average molecular weight is 422 g/mol.